The maximum Gasteiger partial charge on any atom is 0.254 e. The lowest BCUT2D eigenvalue weighted by Gasteiger charge is -2.34. The third-order valence-electron chi connectivity index (χ3n) is 11.1. The summed E-state index contributed by atoms with van der Waals surface area (Å²) < 4.78 is 34.6. The lowest BCUT2D eigenvalue weighted by molar-refractivity contribution is -0.137. The van der Waals surface area contributed by atoms with Gasteiger partial charge < -0.3 is 15.0 Å². The molecule has 10 nitrogen and oxygen atoms in total. The number of aromatic nitrogens is 1. The summed E-state index contributed by atoms with van der Waals surface area (Å²) in [4.78, 5) is 34.8. The predicted octanol–water partition coefficient (Wildman–Crippen LogP) is 4.34. The Bertz CT molecular complexity index is 1610. The summed E-state index contributed by atoms with van der Waals surface area (Å²) in [7, 11) is -3.74. The van der Waals surface area contributed by atoms with E-state index in [0.717, 1.165) is 75.1 Å². The average Bonchev–Trinajstić information content (AvgIpc) is 3.94. The summed E-state index contributed by atoms with van der Waals surface area (Å²) in [6, 6.07) is 8.18. The van der Waals surface area contributed by atoms with Gasteiger partial charge in [-0.25, -0.2) is 13.4 Å². The fourth-order valence-electron chi connectivity index (χ4n) is 8.07. The van der Waals surface area contributed by atoms with E-state index in [0.29, 0.717) is 38.1 Å². The second kappa shape index (κ2) is 13.5. The van der Waals surface area contributed by atoms with E-state index in [9.17, 15) is 18.0 Å². The first-order valence-corrected chi connectivity index (χ1v) is 19.4. The number of sulfonamides is 1. The van der Waals surface area contributed by atoms with Crippen molar-refractivity contribution in [2.45, 2.75) is 119 Å². The Morgan fingerprint density at radius 3 is 2.62 bits per heavy atom. The quantitative estimate of drug-likeness (QED) is 0.374. The number of aryl methyl sites for hydroxylation is 1. The molecule has 5 aliphatic rings. The average molecular weight is 664 g/mol. The van der Waals surface area contributed by atoms with E-state index in [1.165, 1.54) is 12.0 Å². The smallest absolute Gasteiger partial charge is 0.254 e. The summed E-state index contributed by atoms with van der Waals surface area (Å²) >= 11 is 0. The van der Waals surface area contributed by atoms with Gasteiger partial charge in [-0.05, 0) is 86.9 Å². The number of nitrogens with zero attached hydrogens (tertiary/aromatic N) is 2. The first-order chi connectivity index (χ1) is 22.8. The Morgan fingerprint density at radius 2 is 1.85 bits per heavy atom. The number of pyridine rings is 1. The minimum absolute atomic E-state index is 0.0201. The fourth-order valence-corrected chi connectivity index (χ4v) is 9.43. The zero-order valence-electron chi connectivity index (χ0n) is 27.3. The van der Waals surface area contributed by atoms with Crippen LogP contribution in [0.1, 0.15) is 89.0 Å². The van der Waals surface area contributed by atoms with Crippen molar-refractivity contribution in [2.24, 2.45) is 11.8 Å². The number of carbonyl (C=O) groups excluding carboxylic acids is 2. The number of rotatable bonds is 7. The highest BCUT2D eigenvalue weighted by Gasteiger charge is 2.62. The van der Waals surface area contributed by atoms with Crippen LogP contribution in [0, 0.1) is 11.8 Å². The number of fused-ring (bicyclic) bond motifs is 3. The molecule has 3 heterocycles. The molecule has 2 amide bonds. The van der Waals surface area contributed by atoms with Gasteiger partial charge in [-0.3, -0.25) is 19.6 Å². The normalized spacial score (nSPS) is 30.9. The molecule has 1 aromatic carbocycles. The van der Waals surface area contributed by atoms with E-state index >= 15 is 0 Å². The number of carbonyl (C=O) groups is 2. The number of nitrogens with one attached hydrogen (secondary N) is 3. The van der Waals surface area contributed by atoms with Crippen LogP contribution in [0.2, 0.25) is 0 Å². The highest BCUT2D eigenvalue weighted by Crippen LogP contribution is 2.46. The molecule has 11 heteroatoms. The Kier molecular flexibility index (Phi) is 9.32. The number of hydrogen-bond acceptors (Lipinski definition) is 8. The molecular weight excluding hydrogens is 614 g/mol. The maximum absolute atomic E-state index is 14.6. The predicted molar refractivity (Wildman–Crippen MR) is 181 cm³/mol. The van der Waals surface area contributed by atoms with Gasteiger partial charge >= 0.3 is 0 Å². The Balaban J connectivity index is 1.20. The van der Waals surface area contributed by atoms with Crippen molar-refractivity contribution in [3.63, 3.8) is 0 Å². The summed E-state index contributed by atoms with van der Waals surface area (Å²) in [6.07, 6.45) is 15.5. The number of benzene rings is 1. The molecular formula is C36H49N5O5S. The van der Waals surface area contributed by atoms with E-state index in [2.05, 4.69) is 45.1 Å². The molecule has 0 unspecified atom stereocenters. The summed E-state index contributed by atoms with van der Waals surface area (Å²) in [5.41, 5.74) is 0.110. The number of amides is 2. The minimum Gasteiger partial charge on any atom is -0.472 e. The molecule has 4 fully saturated rings. The van der Waals surface area contributed by atoms with E-state index in [4.69, 9.17) is 4.74 Å². The molecule has 3 aliphatic carbocycles. The second-order valence-corrected chi connectivity index (χ2v) is 16.4. The van der Waals surface area contributed by atoms with Crippen LogP contribution in [0.4, 0.5) is 0 Å². The van der Waals surface area contributed by atoms with E-state index in [1.807, 2.05) is 11.0 Å². The van der Waals surface area contributed by atoms with Crippen LogP contribution in [0.5, 0.6) is 5.88 Å². The topological polar surface area (TPSA) is 130 Å². The van der Waals surface area contributed by atoms with Gasteiger partial charge in [0, 0.05) is 23.9 Å². The standard InChI is InChI=1S/C36H49N5O5S/c1-2-27-22-36(27,35(43)40-47(44,45)29-15-16-29)39-31-21-28-23-41(31)34(42)32(26-11-7-8-12-26)37-18-9-5-3-4-6-10-24-13-14-25-17-19-38-33(46-28)30(25)20-24/h2,13-14,17,19-20,26-29,31-32,37,39H,1,3-12,15-16,18,21-23H2,(H,40,43)/t27-,28-,31+,32+,36-/m1/s1. The number of ether oxygens (including phenoxy) is 1. The lowest BCUT2D eigenvalue weighted by atomic mass is 9.96. The first kappa shape index (κ1) is 32.5. The second-order valence-electron chi connectivity index (χ2n) is 14.5. The van der Waals surface area contributed by atoms with Crippen molar-refractivity contribution >= 4 is 32.6 Å². The van der Waals surface area contributed by atoms with Crippen molar-refractivity contribution in [3.05, 3.63) is 48.7 Å². The van der Waals surface area contributed by atoms with Gasteiger partial charge in [0.25, 0.3) is 5.91 Å². The van der Waals surface area contributed by atoms with Crippen LogP contribution in [-0.4, -0.2) is 72.3 Å². The maximum atomic E-state index is 14.6. The first-order valence-electron chi connectivity index (χ1n) is 17.8. The van der Waals surface area contributed by atoms with Crippen molar-refractivity contribution in [1.29, 1.82) is 0 Å². The zero-order chi connectivity index (χ0) is 32.6. The van der Waals surface area contributed by atoms with E-state index < -0.39 is 32.9 Å². The fraction of sp³-hybridized carbons (Fsp3) is 0.639. The highest BCUT2D eigenvalue weighted by atomic mass is 32.2. The van der Waals surface area contributed by atoms with Gasteiger partial charge in [-0.1, -0.05) is 50.3 Å². The summed E-state index contributed by atoms with van der Waals surface area (Å²) in [6.45, 7) is 5.06. The van der Waals surface area contributed by atoms with Gasteiger partial charge in [-0.2, -0.15) is 0 Å². The van der Waals surface area contributed by atoms with Crippen molar-refractivity contribution in [1.82, 2.24) is 25.2 Å². The van der Waals surface area contributed by atoms with Crippen LogP contribution in [0.25, 0.3) is 10.8 Å². The molecule has 3 saturated carbocycles. The van der Waals surface area contributed by atoms with Gasteiger partial charge in [0.15, 0.2) is 0 Å². The molecule has 1 aromatic heterocycles. The zero-order valence-corrected chi connectivity index (χ0v) is 28.1. The molecule has 1 saturated heterocycles. The Morgan fingerprint density at radius 1 is 1.06 bits per heavy atom. The van der Waals surface area contributed by atoms with Crippen LogP contribution in [-0.2, 0) is 26.0 Å². The van der Waals surface area contributed by atoms with Crippen molar-refractivity contribution in [2.75, 3.05) is 13.1 Å². The van der Waals surface area contributed by atoms with Gasteiger partial charge in [-0.15, -0.1) is 6.58 Å². The molecule has 0 radical (unpaired) electrons. The third kappa shape index (κ3) is 6.94. The monoisotopic (exact) mass is 663 g/mol. The number of hydrogen-bond donors (Lipinski definition) is 3. The molecule has 254 valence electrons. The molecule has 3 N–H and O–H groups in total. The van der Waals surface area contributed by atoms with E-state index in [1.54, 1.807) is 12.3 Å². The molecule has 4 bridgehead atoms. The Hall–Kier alpha value is -3.02. The van der Waals surface area contributed by atoms with Gasteiger partial charge in [0.2, 0.25) is 21.8 Å². The SMILES string of the molecule is C=C[C@@H]1C[C@]1(N[C@@H]1C[C@@H]2CN1C(=O)[C@H](C1CCCC1)NCCCCCCCc1ccc3ccnc(c3c1)O2)C(=O)NS(=O)(=O)C1CC1. The van der Waals surface area contributed by atoms with Crippen molar-refractivity contribution in [3.8, 4) is 5.88 Å². The molecule has 2 aromatic rings. The largest absolute Gasteiger partial charge is 0.472 e. The molecule has 47 heavy (non-hydrogen) atoms. The lowest BCUT2D eigenvalue weighted by Crippen LogP contribution is -2.60. The minimum atomic E-state index is -3.74. The molecule has 2 aliphatic heterocycles. The van der Waals surface area contributed by atoms with Crippen LogP contribution in [0.15, 0.2) is 43.1 Å². The summed E-state index contributed by atoms with van der Waals surface area (Å²) in [5, 5.41) is 8.68. The Labute approximate surface area is 278 Å². The van der Waals surface area contributed by atoms with Crippen LogP contribution >= 0.6 is 0 Å². The van der Waals surface area contributed by atoms with Crippen molar-refractivity contribution < 1.29 is 22.7 Å². The van der Waals surface area contributed by atoms with E-state index in [-0.39, 0.29) is 29.9 Å². The van der Waals surface area contributed by atoms with Crippen LogP contribution in [0.3, 0.4) is 0 Å². The third-order valence-corrected chi connectivity index (χ3v) is 12.9. The highest BCUT2D eigenvalue weighted by molar-refractivity contribution is 7.91. The van der Waals surface area contributed by atoms with Crippen LogP contribution < -0.4 is 20.1 Å². The molecule has 5 atom stereocenters. The van der Waals surface area contributed by atoms with Gasteiger partial charge in [0.1, 0.15) is 11.6 Å². The molecule has 0 spiro atoms. The summed E-state index contributed by atoms with van der Waals surface area (Å²) in [5.74, 6) is 0.0179. The molecule has 7 rings (SSSR count). The van der Waals surface area contributed by atoms with Gasteiger partial charge in [0.05, 0.1) is 24.0 Å².